The Balaban J connectivity index is 2.29. The van der Waals surface area contributed by atoms with E-state index in [4.69, 9.17) is 4.74 Å². The fraction of sp³-hybridized carbons (Fsp3) is 0.857. The van der Waals surface area contributed by atoms with Gasteiger partial charge in [-0.25, -0.2) is 0 Å². The van der Waals surface area contributed by atoms with Crippen LogP contribution >= 0.6 is 0 Å². The summed E-state index contributed by atoms with van der Waals surface area (Å²) in [6.07, 6.45) is 1.59. The smallest absolute Gasteiger partial charge is 0.246 e. The Morgan fingerprint density at radius 3 is 2.42 bits per heavy atom. The summed E-state index contributed by atoms with van der Waals surface area (Å²) in [6.45, 7) is 9.11. The number of carbonyl (C=O) groups is 2. The summed E-state index contributed by atoms with van der Waals surface area (Å²) in [5.74, 6) is 0.104. The van der Waals surface area contributed by atoms with Gasteiger partial charge in [0, 0.05) is 18.8 Å². The molecule has 0 radical (unpaired) electrons. The maximum Gasteiger partial charge on any atom is 0.246 e. The highest BCUT2D eigenvalue weighted by atomic mass is 16.5. The van der Waals surface area contributed by atoms with Gasteiger partial charge in [-0.05, 0) is 32.6 Å². The van der Waals surface area contributed by atoms with Crippen LogP contribution in [0.4, 0.5) is 0 Å². The minimum Gasteiger partial charge on any atom is -0.381 e. The molecule has 0 aromatic heterocycles. The number of rotatable bonds is 2. The van der Waals surface area contributed by atoms with Crippen LogP contribution < -0.4 is 5.32 Å². The average Bonchev–Trinajstić information content (AvgIpc) is 2.34. The Bertz CT molecular complexity index is 375. The van der Waals surface area contributed by atoms with Crippen molar-refractivity contribution in [3.63, 3.8) is 0 Å². The lowest BCUT2D eigenvalue weighted by Gasteiger charge is -2.50. The number of ether oxygens (including phenoxy) is 1. The number of hydrogen-bond donors (Lipinski definition) is 1. The molecule has 5 heteroatoms. The number of nitrogens with one attached hydrogen (secondary N) is 1. The molecule has 108 valence electrons. The maximum atomic E-state index is 12.7. The number of nitrogens with zero attached hydrogens (tertiary/aromatic N) is 1. The van der Waals surface area contributed by atoms with Crippen molar-refractivity contribution in [3.05, 3.63) is 0 Å². The Morgan fingerprint density at radius 1 is 1.32 bits per heavy atom. The van der Waals surface area contributed by atoms with Gasteiger partial charge < -0.3 is 15.0 Å². The van der Waals surface area contributed by atoms with Crippen molar-refractivity contribution in [1.82, 2.24) is 10.2 Å². The lowest BCUT2D eigenvalue weighted by Crippen LogP contribution is -2.69. The quantitative estimate of drug-likeness (QED) is 0.810. The van der Waals surface area contributed by atoms with Crippen LogP contribution in [0.5, 0.6) is 0 Å². The molecule has 2 heterocycles. The molecule has 0 aliphatic carbocycles. The molecule has 0 aromatic rings. The summed E-state index contributed by atoms with van der Waals surface area (Å²) in [7, 11) is 0. The van der Waals surface area contributed by atoms with E-state index >= 15 is 0 Å². The maximum absolute atomic E-state index is 12.7. The van der Waals surface area contributed by atoms with Crippen molar-refractivity contribution in [3.8, 4) is 0 Å². The summed E-state index contributed by atoms with van der Waals surface area (Å²) < 4.78 is 5.39. The summed E-state index contributed by atoms with van der Waals surface area (Å²) in [4.78, 5) is 26.6. The van der Waals surface area contributed by atoms with Gasteiger partial charge >= 0.3 is 0 Å². The van der Waals surface area contributed by atoms with Crippen molar-refractivity contribution < 1.29 is 14.3 Å². The van der Waals surface area contributed by atoms with Crippen LogP contribution in [0.15, 0.2) is 0 Å². The van der Waals surface area contributed by atoms with Gasteiger partial charge in [0.1, 0.15) is 12.1 Å². The van der Waals surface area contributed by atoms with Gasteiger partial charge in [-0.15, -0.1) is 0 Å². The van der Waals surface area contributed by atoms with Crippen LogP contribution in [0.3, 0.4) is 0 Å². The number of carbonyl (C=O) groups excluding carboxylic acids is 2. The fourth-order valence-electron chi connectivity index (χ4n) is 3.03. The molecule has 19 heavy (non-hydrogen) atoms. The monoisotopic (exact) mass is 268 g/mol. The molecule has 1 N–H and O–H groups in total. The fourth-order valence-corrected chi connectivity index (χ4v) is 3.03. The van der Waals surface area contributed by atoms with E-state index in [1.54, 1.807) is 4.90 Å². The SMILES string of the molecule is CC(C)C1NC(=O)C(C)N(C2(C)CCOCC2)C1=O. The molecule has 2 fully saturated rings. The van der Waals surface area contributed by atoms with E-state index in [1.807, 2.05) is 20.8 Å². The van der Waals surface area contributed by atoms with Crippen molar-refractivity contribution in [2.45, 2.75) is 58.2 Å². The largest absolute Gasteiger partial charge is 0.381 e. The predicted molar refractivity (Wildman–Crippen MR) is 71.5 cm³/mol. The Kier molecular flexibility index (Phi) is 3.85. The third-order valence-corrected chi connectivity index (χ3v) is 4.39. The number of piperazine rings is 1. The molecule has 0 saturated carbocycles. The summed E-state index contributed by atoms with van der Waals surface area (Å²) >= 11 is 0. The summed E-state index contributed by atoms with van der Waals surface area (Å²) in [6, 6.07) is -0.797. The summed E-state index contributed by atoms with van der Waals surface area (Å²) in [5.41, 5.74) is -0.264. The van der Waals surface area contributed by atoms with Crippen LogP contribution in [0.25, 0.3) is 0 Å². The molecule has 0 bridgehead atoms. The molecule has 2 rings (SSSR count). The topological polar surface area (TPSA) is 58.6 Å². The molecule has 2 saturated heterocycles. The van der Waals surface area contributed by atoms with Crippen molar-refractivity contribution >= 4 is 11.8 Å². The molecule has 0 aromatic carbocycles. The van der Waals surface area contributed by atoms with E-state index in [-0.39, 0.29) is 23.3 Å². The first-order chi connectivity index (χ1) is 8.87. The van der Waals surface area contributed by atoms with Gasteiger partial charge in [-0.2, -0.15) is 0 Å². The minimum absolute atomic E-state index is 0.0477. The zero-order valence-corrected chi connectivity index (χ0v) is 12.2. The molecule has 5 nitrogen and oxygen atoms in total. The van der Waals surface area contributed by atoms with Gasteiger partial charge in [0.15, 0.2) is 0 Å². The molecule has 2 aliphatic rings. The first-order valence-electron chi connectivity index (χ1n) is 7.08. The standard InChI is InChI=1S/C14H24N2O3/c1-9(2)11-13(18)16(10(3)12(17)15-11)14(4)5-7-19-8-6-14/h9-11H,5-8H2,1-4H3,(H,15,17). The highest BCUT2D eigenvalue weighted by Gasteiger charge is 2.48. The van der Waals surface area contributed by atoms with Crippen LogP contribution in [-0.2, 0) is 14.3 Å². The van der Waals surface area contributed by atoms with Crippen molar-refractivity contribution in [1.29, 1.82) is 0 Å². The van der Waals surface area contributed by atoms with E-state index in [9.17, 15) is 9.59 Å². The molecular weight excluding hydrogens is 244 g/mol. The molecule has 2 unspecified atom stereocenters. The predicted octanol–water partition coefficient (Wildman–Crippen LogP) is 0.927. The van der Waals surface area contributed by atoms with Crippen molar-refractivity contribution in [2.75, 3.05) is 13.2 Å². The zero-order valence-electron chi connectivity index (χ0n) is 12.2. The third-order valence-electron chi connectivity index (χ3n) is 4.39. The van der Waals surface area contributed by atoms with E-state index in [2.05, 4.69) is 12.2 Å². The first kappa shape index (κ1) is 14.3. The van der Waals surface area contributed by atoms with E-state index in [0.29, 0.717) is 13.2 Å². The second kappa shape index (κ2) is 5.12. The lowest BCUT2D eigenvalue weighted by molar-refractivity contribution is -0.161. The zero-order chi connectivity index (χ0) is 14.2. The van der Waals surface area contributed by atoms with Gasteiger partial charge in [-0.1, -0.05) is 13.8 Å². The Hall–Kier alpha value is -1.10. The Labute approximate surface area is 114 Å². The second-order valence-corrected chi connectivity index (χ2v) is 6.22. The Morgan fingerprint density at radius 2 is 1.89 bits per heavy atom. The molecule has 2 atom stereocenters. The first-order valence-corrected chi connectivity index (χ1v) is 7.08. The van der Waals surface area contributed by atoms with Crippen molar-refractivity contribution in [2.24, 2.45) is 5.92 Å². The number of amides is 2. The number of hydrogen-bond acceptors (Lipinski definition) is 3. The second-order valence-electron chi connectivity index (χ2n) is 6.22. The van der Waals surface area contributed by atoms with E-state index in [0.717, 1.165) is 12.8 Å². The molecular formula is C14H24N2O3. The van der Waals surface area contributed by atoms with Gasteiger partial charge in [0.05, 0.1) is 0 Å². The van der Waals surface area contributed by atoms with Crippen LogP contribution in [0.1, 0.15) is 40.5 Å². The van der Waals surface area contributed by atoms with Gasteiger partial charge in [0.25, 0.3) is 0 Å². The molecule has 0 spiro atoms. The van der Waals surface area contributed by atoms with Crippen LogP contribution in [0, 0.1) is 5.92 Å². The van der Waals surface area contributed by atoms with Crippen LogP contribution in [0.2, 0.25) is 0 Å². The highest BCUT2D eigenvalue weighted by molar-refractivity contribution is 5.97. The molecule has 2 amide bonds. The average molecular weight is 268 g/mol. The highest BCUT2D eigenvalue weighted by Crippen LogP contribution is 2.32. The molecule has 2 aliphatic heterocycles. The normalized spacial score (nSPS) is 31.5. The van der Waals surface area contributed by atoms with Crippen LogP contribution in [-0.4, -0.2) is 47.6 Å². The van der Waals surface area contributed by atoms with Gasteiger partial charge in [0.2, 0.25) is 11.8 Å². The summed E-state index contributed by atoms with van der Waals surface area (Å²) in [5, 5.41) is 2.84. The van der Waals surface area contributed by atoms with Gasteiger partial charge in [-0.3, -0.25) is 9.59 Å². The van der Waals surface area contributed by atoms with E-state index in [1.165, 1.54) is 0 Å². The third kappa shape index (κ3) is 2.48. The van der Waals surface area contributed by atoms with E-state index < -0.39 is 12.1 Å². The lowest BCUT2D eigenvalue weighted by atomic mass is 9.85. The minimum atomic E-state index is -0.400.